The van der Waals surface area contributed by atoms with E-state index in [1.54, 1.807) is 4.68 Å². The first-order chi connectivity index (χ1) is 12.7. The van der Waals surface area contributed by atoms with Gasteiger partial charge in [0.25, 0.3) is 0 Å². The first-order valence-corrected chi connectivity index (χ1v) is 10.2. The van der Waals surface area contributed by atoms with Crippen molar-refractivity contribution in [1.29, 1.82) is 0 Å². The minimum Gasteiger partial charge on any atom is -0.309 e. The number of nitrogens with one attached hydrogen (secondary N) is 1. The molecule has 1 aliphatic heterocycles. The van der Waals surface area contributed by atoms with Crippen molar-refractivity contribution in [1.82, 2.24) is 20.0 Å². The zero-order valence-electron chi connectivity index (χ0n) is 15.8. The third-order valence-electron chi connectivity index (χ3n) is 6.21. The van der Waals surface area contributed by atoms with E-state index in [-0.39, 0.29) is 0 Å². The first-order valence-electron chi connectivity index (χ1n) is 9.85. The van der Waals surface area contributed by atoms with E-state index >= 15 is 0 Å². The lowest BCUT2D eigenvalue weighted by Crippen LogP contribution is -2.35. The molecule has 0 amide bonds. The molecule has 2 fully saturated rings. The summed E-state index contributed by atoms with van der Waals surface area (Å²) in [7, 11) is 1.93. The van der Waals surface area contributed by atoms with E-state index < -0.39 is 0 Å². The van der Waals surface area contributed by atoms with Crippen LogP contribution in [0.5, 0.6) is 0 Å². The molecule has 0 radical (unpaired) electrons. The maximum absolute atomic E-state index is 6.46. The van der Waals surface area contributed by atoms with Crippen LogP contribution in [0.2, 0.25) is 5.15 Å². The number of hydrogen-bond acceptors (Lipinski definition) is 3. The van der Waals surface area contributed by atoms with Crippen molar-refractivity contribution in [3.63, 3.8) is 0 Å². The maximum Gasteiger partial charge on any atom is 0.131 e. The van der Waals surface area contributed by atoms with E-state index in [9.17, 15) is 0 Å². The smallest absolute Gasteiger partial charge is 0.131 e. The lowest BCUT2D eigenvalue weighted by molar-refractivity contribution is 0.288. The second-order valence-corrected chi connectivity index (χ2v) is 8.22. The molecule has 5 heteroatoms. The van der Waals surface area contributed by atoms with Crippen LogP contribution in [-0.4, -0.2) is 33.8 Å². The molecule has 26 heavy (non-hydrogen) atoms. The molecule has 1 aromatic heterocycles. The fourth-order valence-corrected chi connectivity index (χ4v) is 5.09. The van der Waals surface area contributed by atoms with Crippen molar-refractivity contribution in [2.75, 3.05) is 13.1 Å². The highest BCUT2D eigenvalue weighted by atomic mass is 35.5. The van der Waals surface area contributed by atoms with Gasteiger partial charge in [0.2, 0.25) is 0 Å². The van der Waals surface area contributed by atoms with E-state index in [0.717, 1.165) is 42.2 Å². The topological polar surface area (TPSA) is 33.1 Å². The SMILES string of the molecule is CCc1nn(C)c(Cl)c1CNC1CCC2CN(Cc3ccccc3)CC21. The molecule has 1 saturated heterocycles. The summed E-state index contributed by atoms with van der Waals surface area (Å²) in [4.78, 5) is 2.63. The minimum absolute atomic E-state index is 0.599. The average molecular weight is 373 g/mol. The van der Waals surface area contributed by atoms with Crippen LogP contribution in [0.4, 0.5) is 0 Å². The van der Waals surface area contributed by atoms with Gasteiger partial charge in [-0.25, -0.2) is 0 Å². The van der Waals surface area contributed by atoms with Gasteiger partial charge in [-0.05, 0) is 36.7 Å². The van der Waals surface area contributed by atoms with E-state index in [1.807, 2.05) is 7.05 Å². The Kier molecular flexibility index (Phi) is 5.35. The van der Waals surface area contributed by atoms with Gasteiger partial charge in [-0.15, -0.1) is 0 Å². The van der Waals surface area contributed by atoms with Gasteiger partial charge in [0, 0.05) is 44.8 Å². The zero-order chi connectivity index (χ0) is 18.1. The van der Waals surface area contributed by atoms with E-state index in [0.29, 0.717) is 6.04 Å². The Hall–Kier alpha value is -1.36. The van der Waals surface area contributed by atoms with Gasteiger partial charge in [-0.1, -0.05) is 48.9 Å². The quantitative estimate of drug-likeness (QED) is 0.840. The van der Waals surface area contributed by atoms with Crippen molar-refractivity contribution >= 4 is 11.6 Å². The zero-order valence-corrected chi connectivity index (χ0v) is 16.5. The predicted molar refractivity (Wildman–Crippen MR) is 106 cm³/mol. The summed E-state index contributed by atoms with van der Waals surface area (Å²) in [5.41, 5.74) is 3.72. The molecule has 3 atom stereocenters. The summed E-state index contributed by atoms with van der Waals surface area (Å²) in [5.74, 6) is 1.60. The molecule has 0 bridgehead atoms. The molecule has 1 N–H and O–H groups in total. The van der Waals surface area contributed by atoms with E-state index in [4.69, 9.17) is 11.6 Å². The number of fused-ring (bicyclic) bond motifs is 1. The molecule has 3 unspecified atom stereocenters. The summed E-state index contributed by atoms with van der Waals surface area (Å²) in [6.07, 6.45) is 3.56. The molecular weight excluding hydrogens is 344 g/mol. The van der Waals surface area contributed by atoms with Crippen molar-refractivity contribution in [2.45, 2.75) is 45.3 Å². The van der Waals surface area contributed by atoms with Crippen LogP contribution in [0, 0.1) is 11.8 Å². The molecule has 2 aromatic rings. The predicted octanol–water partition coefficient (Wildman–Crippen LogP) is 3.64. The van der Waals surface area contributed by atoms with Crippen LogP contribution in [0.3, 0.4) is 0 Å². The van der Waals surface area contributed by atoms with Gasteiger partial charge in [-0.3, -0.25) is 9.58 Å². The Labute approximate surface area is 161 Å². The second kappa shape index (κ2) is 7.71. The second-order valence-electron chi connectivity index (χ2n) is 7.86. The fraction of sp³-hybridized carbons (Fsp3) is 0.571. The standard InChI is InChI=1S/C21H29ClN4/c1-3-19-17(21(22)25(2)24-19)11-23-20-10-9-16-13-26(14-18(16)20)12-15-7-5-4-6-8-15/h4-8,16,18,20,23H,3,9-14H2,1-2H3. The Balaban J connectivity index is 1.36. The highest BCUT2D eigenvalue weighted by molar-refractivity contribution is 6.30. The summed E-state index contributed by atoms with van der Waals surface area (Å²) >= 11 is 6.46. The molecule has 1 aromatic carbocycles. The third kappa shape index (κ3) is 3.55. The van der Waals surface area contributed by atoms with Crippen LogP contribution in [0.15, 0.2) is 30.3 Å². The van der Waals surface area contributed by atoms with Crippen LogP contribution < -0.4 is 5.32 Å². The Bertz CT molecular complexity index is 742. The van der Waals surface area contributed by atoms with Gasteiger partial charge in [0.15, 0.2) is 0 Å². The van der Waals surface area contributed by atoms with Gasteiger partial charge in [0.1, 0.15) is 5.15 Å². The molecule has 0 spiro atoms. The number of halogens is 1. The molecule has 4 nitrogen and oxygen atoms in total. The summed E-state index contributed by atoms with van der Waals surface area (Å²) < 4.78 is 1.80. The number of aromatic nitrogens is 2. The number of rotatable bonds is 6. The number of nitrogens with zero attached hydrogens (tertiary/aromatic N) is 3. The van der Waals surface area contributed by atoms with Crippen LogP contribution in [0.1, 0.15) is 36.6 Å². The molecule has 4 rings (SSSR count). The summed E-state index contributed by atoms with van der Waals surface area (Å²) in [6.45, 7) is 6.51. The monoisotopic (exact) mass is 372 g/mol. The summed E-state index contributed by atoms with van der Waals surface area (Å²) in [5, 5.41) is 9.13. The minimum atomic E-state index is 0.599. The lowest BCUT2D eigenvalue weighted by Gasteiger charge is -2.22. The molecule has 140 valence electrons. The number of aryl methyl sites for hydroxylation is 2. The molecule has 2 heterocycles. The average Bonchev–Trinajstić information content (AvgIpc) is 3.29. The van der Waals surface area contributed by atoms with Crippen LogP contribution >= 0.6 is 11.6 Å². The van der Waals surface area contributed by atoms with Gasteiger partial charge in [-0.2, -0.15) is 5.10 Å². The number of hydrogen-bond donors (Lipinski definition) is 1. The molecule has 1 saturated carbocycles. The Morgan fingerprint density at radius 3 is 2.77 bits per heavy atom. The van der Waals surface area contributed by atoms with Gasteiger partial charge in [0.05, 0.1) is 5.69 Å². The fourth-order valence-electron chi connectivity index (χ4n) is 4.87. The van der Waals surface area contributed by atoms with Crippen molar-refractivity contribution in [2.24, 2.45) is 18.9 Å². The van der Waals surface area contributed by atoms with E-state index in [1.165, 1.54) is 37.1 Å². The largest absolute Gasteiger partial charge is 0.309 e. The molecule has 2 aliphatic rings. The normalized spacial score (nSPS) is 25.7. The molecule has 1 aliphatic carbocycles. The van der Waals surface area contributed by atoms with Gasteiger partial charge >= 0.3 is 0 Å². The van der Waals surface area contributed by atoms with Crippen LogP contribution in [0.25, 0.3) is 0 Å². The highest BCUT2D eigenvalue weighted by Crippen LogP contribution is 2.39. The Morgan fingerprint density at radius 2 is 2.00 bits per heavy atom. The van der Waals surface area contributed by atoms with Crippen molar-refractivity contribution in [3.05, 3.63) is 52.3 Å². The first kappa shape index (κ1) is 18.0. The Morgan fingerprint density at radius 1 is 1.19 bits per heavy atom. The number of likely N-dealkylation sites (tertiary alicyclic amines) is 1. The lowest BCUT2D eigenvalue weighted by atomic mass is 9.97. The van der Waals surface area contributed by atoms with Crippen LogP contribution in [-0.2, 0) is 26.6 Å². The third-order valence-corrected chi connectivity index (χ3v) is 6.68. The van der Waals surface area contributed by atoms with Crippen molar-refractivity contribution < 1.29 is 0 Å². The number of benzene rings is 1. The van der Waals surface area contributed by atoms with Gasteiger partial charge < -0.3 is 5.32 Å². The molecular formula is C21H29ClN4. The van der Waals surface area contributed by atoms with Crippen molar-refractivity contribution in [3.8, 4) is 0 Å². The highest BCUT2D eigenvalue weighted by Gasteiger charge is 2.42. The summed E-state index contributed by atoms with van der Waals surface area (Å²) in [6, 6.07) is 11.4. The van der Waals surface area contributed by atoms with E-state index in [2.05, 4.69) is 52.6 Å². The maximum atomic E-state index is 6.46.